The Labute approximate surface area is 211 Å². The van der Waals surface area contributed by atoms with Crippen molar-refractivity contribution in [2.45, 2.75) is 30.9 Å². The van der Waals surface area contributed by atoms with Gasteiger partial charge in [0.1, 0.15) is 29.9 Å². The minimum atomic E-state index is -0.597. The van der Waals surface area contributed by atoms with E-state index in [1.165, 1.54) is 18.3 Å². The van der Waals surface area contributed by atoms with E-state index in [4.69, 9.17) is 10.5 Å². The molecule has 0 spiro atoms. The van der Waals surface area contributed by atoms with Crippen LogP contribution in [0.1, 0.15) is 24.3 Å². The normalized spacial score (nSPS) is 17.0. The average molecular weight is 507 g/mol. The van der Waals surface area contributed by atoms with E-state index in [1.807, 2.05) is 16.8 Å². The van der Waals surface area contributed by atoms with Gasteiger partial charge in [0.25, 0.3) is 6.47 Å². The topological polar surface area (TPSA) is 112 Å². The van der Waals surface area contributed by atoms with Crippen molar-refractivity contribution >= 4 is 24.3 Å². The predicted octanol–water partition coefficient (Wildman–Crippen LogP) is 1.51. The van der Waals surface area contributed by atoms with Gasteiger partial charge >= 0.3 is 0 Å². The number of carbonyl (C=O) groups excluding carboxylic acids is 2. The van der Waals surface area contributed by atoms with E-state index in [9.17, 15) is 18.4 Å². The molecule has 0 aromatic heterocycles. The zero-order valence-electron chi connectivity index (χ0n) is 21.0. The van der Waals surface area contributed by atoms with Gasteiger partial charge in [0.15, 0.2) is 0 Å². The standard InChI is InChI=1S/C17H23F2N3O.C8H13N3O2/c1-11(20-2)14(5-4-6-23)17-15(18)7-13(8-16(17)19)22-9-12(10-22)21-3;1-10-8(2-3-9)11-4-7(5-11)13-6-12/h6-8,12,14,20-21H,1,4-5,9-10H2,2-3H3;2-3,6-7H,4-5,9H2,1H3/b;3-2-,10-8?. The molecule has 0 bridgehead atoms. The quantitative estimate of drug-likeness (QED) is 0.235. The average Bonchev–Trinajstić information content (AvgIpc) is 2.81. The van der Waals surface area contributed by atoms with Crippen LogP contribution in [0, 0.1) is 11.6 Å². The first-order valence-electron chi connectivity index (χ1n) is 11.7. The highest BCUT2D eigenvalue weighted by molar-refractivity contribution is 5.93. The van der Waals surface area contributed by atoms with Gasteiger partial charge in [-0.25, -0.2) is 8.78 Å². The largest absolute Gasteiger partial charge is 0.461 e. The Bertz CT molecular complexity index is 936. The molecular weight excluding hydrogens is 470 g/mol. The minimum absolute atomic E-state index is 0.000393. The summed E-state index contributed by atoms with van der Waals surface area (Å²) in [6.07, 6.45) is 4.45. The molecule has 1 unspecified atom stereocenters. The smallest absolute Gasteiger partial charge is 0.293 e. The summed E-state index contributed by atoms with van der Waals surface area (Å²) >= 11 is 0. The third-order valence-corrected chi connectivity index (χ3v) is 6.28. The maximum Gasteiger partial charge on any atom is 0.293 e. The number of anilines is 1. The van der Waals surface area contributed by atoms with Crippen LogP contribution in [0.2, 0.25) is 0 Å². The monoisotopic (exact) mass is 506 g/mol. The van der Waals surface area contributed by atoms with Gasteiger partial charge in [-0.1, -0.05) is 6.58 Å². The van der Waals surface area contributed by atoms with Crippen molar-refractivity contribution in [3.8, 4) is 0 Å². The Balaban J connectivity index is 0.000000297. The fourth-order valence-electron chi connectivity index (χ4n) is 4.06. The number of nitrogens with one attached hydrogen (secondary N) is 2. The number of aliphatic imine (C=N–C) groups is 1. The van der Waals surface area contributed by atoms with Crippen LogP contribution >= 0.6 is 0 Å². The van der Waals surface area contributed by atoms with Crippen LogP contribution in [0.5, 0.6) is 0 Å². The van der Waals surface area contributed by atoms with Crippen LogP contribution < -0.4 is 21.3 Å². The molecule has 0 radical (unpaired) electrons. The van der Waals surface area contributed by atoms with Crippen molar-refractivity contribution < 1.29 is 23.1 Å². The third-order valence-electron chi connectivity index (χ3n) is 6.28. The Morgan fingerprint density at radius 3 is 2.36 bits per heavy atom. The van der Waals surface area contributed by atoms with Crippen molar-refractivity contribution in [2.24, 2.45) is 10.7 Å². The number of hydrogen-bond acceptors (Lipinski definition) is 8. The van der Waals surface area contributed by atoms with E-state index in [2.05, 4.69) is 22.2 Å². The lowest BCUT2D eigenvalue weighted by molar-refractivity contribution is -0.138. The van der Waals surface area contributed by atoms with E-state index in [0.717, 1.165) is 25.2 Å². The fourth-order valence-corrected chi connectivity index (χ4v) is 4.06. The molecule has 0 amide bonds. The Morgan fingerprint density at radius 2 is 1.89 bits per heavy atom. The first-order chi connectivity index (χ1) is 17.3. The Hall–Kier alpha value is -3.47. The van der Waals surface area contributed by atoms with Crippen LogP contribution in [0.4, 0.5) is 14.5 Å². The van der Waals surface area contributed by atoms with E-state index in [1.54, 1.807) is 20.2 Å². The number of carbonyl (C=O) groups is 2. The Morgan fingerprint density at radius 1 is 1.25 bits per heavy atom. The molecular formula is C25H36F2N6O3. The van der Waals surface area contributed by atoms with Gasteiger partial charge in [-0.15, -0.1) is 0 Å². The number of rotatable bonds is 11. The third kappa shape index (κ3) is 7.27. The van der Waals surface area contributed by atoms with Crippen molar-refractivity contribution in [1.82, 2.24) is 15.5 Å². The molecule has 1 aromatic rings. The first kappa shape index (κ1) is 28.8. The SMILES string of the molecule is C=C(NC)C(CCC=O)c1c(F)cc(N2CC(NC)C2)cc1F.CN=C(/C=C\N)N1CC(OC=O)C1. The summed E-state index contributed by atoms with van der Waals surface area (Å²) in [4.78, 5) is 28.5. The number of allylic oxidation sites excluding steroid dienone is 1. The second-order valence-corrected chi connectivity index (χ2v) is 8.49. The summed E-state index contributed by atoms with van der Waals surface area (Å²) in [5, 5.41) is 5.96. The maximum atomic E-state index is 14.5. The van der Waals surface area contributed by atoms with Crippen molar-refractivity contribution in [2.75, 3.05) is 52.2 Å². The summed E-state index contributed by atoms with van der Waals surface area (Å²) in [5.74, 6) is -0.950. The number of ether oxygens (including phenoxy) is 1. The van der Waals surface area contributed by atoms with Crippen molar-refractivity contribution in [3.63, 3.8) is 0 Å². The van der Waals surface area contributed by atoms with E-state index in [-0.39, 0.29) is 18.1 Å². The second kappa shape index (κ2) is 14.2. The molecule has 11 heteroatoms. The summed E-state index contributed by atoms with van der Waals surface area (Å²) < 4.78 is 33.8. The summed E-state index contributed by atoms with van der Waals surface area (Å²) in [7, 11) is 5.22. The number of amidine groups is 1. The molecule has 198 valence electrons. The molecule has 2 aliphatic heterocycles. The maximum absolute atomic E-state index is 14.5. The number of halogens is 2. The zero-order chi connectivity index (χ0) is 26.7. The van der Waals surface area contributed by atoms with Crippen molar-refractivity contribution in [1.29, 1.82) is 0 Å². The molecule has 36 heavy (non-hydrogen) atoms. The summed E-state index contributed by atoms with van der Waals surface area (Å²) in [6.45, 7) is 7.13. The number of benzene rings is 1. The molecule has 2 fully saturated rings. The molecule has 0 aliphatic carbocycles. The van der Waals surface area contributed by atoms with E-state index in [0.29, 0.717) is 43.4 Å². The first-order valence-corrected chi connectivity index (χ1v) is 11.7. The molecule has 1 atom stereocenters. The van der Waals surface area contributed by atoms with Gasteiger partial charge < -0.3 is 35.7 Å². The lowest BCUT2D eigenvalue weighted by Gasteiger charge is -2.41. The van der Waals surface area contributed by atoms with Gasteiger partial charge in [-0.3, -0.25) is 9.79 Å². The molecule has 9 nitrogen and oxygen atoms in total. The number of likely N-dealkylation sites (tertiary alicyclic amines) is 1. The molecule has 0 saturated carbocycles. The molecule has 1 aromatic carbocycles. The van der Waals surface area contributed by atoms with Crippen LogP contribution in [-0.4, -0.2) is 83.0 Å². The van der Waals surface area contributed by atoms with Gasteiger partial charge in [-0.2, -0.15) is 0 Å². The van der Waals surface area contributed by atoms with E-state index >= 15 is 0 Å². The van der Waals surface area contributed by atoms with Crippen LogP contribution in [0.3, 0.4) is 0 Å². The molecule has 4 N–H and O–H groups in total. The molecule has 3 rings (SSSR count). The van der Waals surface area contributed by atoms with Crippen LogP contribution in [0.15, 0.2) is 41.7 Å². The van der Waals surface area contributed by atoms with Gasteiger partial charge in [0.2, 0.25) is 0 Å². The molecule has 2 heterocycles. The van der Waals surface area contributed by atoms with Gasteiger partial charge in [-0.05, 0) is 37.9 Å². The lowest BCUT2D eigenvalue weighted by atomic mass is 9.90. The highest BCUT2D eigenvalue weighted by atomic mass is 19.1. The van der Waals surface area contributed by atoms with E-state index < -0.39 is 17.6 Å². The summed E-state index contributed by atoms with van der Waals surface area (Å²) in [6, 6.07) is 3.08. The number of nitrogens with two attached hydrogens (primary N) is 1. The lowest BCUT2D eigenvalue weighted by Crippen LogP contribution is -2.57. The fraction of sp³-hybridized carbons (Fsp3) is 0.480. The summed E-state index contributed by atoms with van der Waals surface area (Å²) in [5.41, 5.74) is 6.25. The minimum Gasteiger partial charge on any atom is -0.461 e. The molecule has 2 aliphatic rings. The second-order valence-electron chi connectivity index (χ2n) is 8.49. The number of nitrogens with zero attached hydrogens (tertiary/aromatic N) is 3. The van der Waals surface area contributed by atoms with Crippen LogP contribution in [-0.2, 0) is 14.3 Å². The highest BCUT2D eigenvalue weighted by Crippen LogP contribution is 2.34. The van der Waals surface area contributed by atoms with Gasteiger partial charge in [0.05, 0.1) is 13.1 Å². The number of likely N-dealkylation sites (N-methyl/N-ethyl adjacent to an activating group) is 2. The van der Waals surface area contributed by atoms with Gasteiger partial charge in [0, 0.05) is 62.5 Å². The number of hydrogen-bond donors (Lipinski definition) is 3. The molecule has 2 saturated heterocycles. The Kier molecular flexibility index (Phi) is 11.3. The van der Waals surface area contributed by atoms with Crippen molar-refractivity contribution in [3.05, 3.63) is 53.9 Å². The predicted molar refractivity (Wildman–Crippen MR) is 137 cm³/mol. The van der Waals surface area contributed by atoms with Crippen LogP contribution in [0.25, 0.3) is 0 Å². The highest BCUT2D eigenvalue weighted by Gasteiger charge is 2.30. The zero-order valence-corrected chi connectivity index (χ0v) is 21.0. The number of aldehydes is 1.